The summed E-state index contributed by atoms with van der Waals surface area (Å²) in [7, 11) is 1.26. The Balaban J connectivity index is 2.04. The molecule has 1 N–H and O–H groups in total. The highest BCUT2D eigenvalue weighted by molar-refractivity contribution is 7.99. The van der Waals surface area contributed by atoms with Crippen LogP contribution in [0.1, 0.15) is 6.42 Å². The predicted octanol–water partition coefficient (Wildman–Crippen LogP) is 3.20. The number of ether oxygens (including phenoxy) is 1. The molecule has 0 saturated carbocycles. The van der Waals surface area contributed by atoms with Gasteiger partial charge in [0.25, 0.3) is 0 Å². The van der Waals surface area contributed by atoms with E-state index >= 15 is 0 Å². The molecule has 0 aromatic heterocycles. The van der Waals surface area contributed by atoms with E-state index in [1.807, 2.05) is 42.5 Å². The summed E-state index contributed by atoms with van der Waals surface area (Å²) in [6.45, 7) is 0. The third-order valence-electron chi connectivity index (χ3n) is 3.16. The first-order chi connectivity index (χ1) is 10.1. The van der Waals surface area contributed by atoms with Gasteiger partial charge in [-0.2, -0.15) is 0 Å². The maximum absolute atomic E-state index is 11.2. The summed E-state index contributed by atoms with van der Waals surface area (Å²) >= 11 is 1.44. The number of thioether (sulfide) groups is 1. The van der Waals surface area contributed by atoms with Crippen LogP contribution in [0.5, 0.6) is 0 Å². The number of methoxy groups -OCH3 is 1. The van der Waals surface area contributed by atoms with Gasteiger partial charge in [0.2, 0.25) is 0 Å². The van der Waals surface area contributed by atoms with Gasteiger partial charge in [0.05, 0.1) is 19.4 Å². The Morgan fingerprint density at radius 2 is 1.90 bits per heavy atom. The quantitative estimate of drug-likeness (QED) is 0.656. The lowest BCUT2D eigenvalue weighted by molar-refractivity contribution is -0.149. The van der Waals surface area contributed by atoms with E-state index in [4.69, 9.17) is 5.11 Å². The Kier molecular flexibility index (Phi) is 5.22. The molecule has 0 radical (unpaired) electrons. The smallest absolute Gasteiger partial charge is 0.307 e. The maximum Gasteiger partial charge on any atom is 0.307 e. The molecule has 0 amide bonds. The van der Waals surface area contributed by atoms with Crippen molar-refractivity contribution in [1.82, 2.24) is 0 Å². The second-order valence-electron chi connectivity index (χ2n) is 4.64. The first-order valence-corrected chi connectivity index (χ1v) is 7.50. The summed E-state index contributed by atoms with van der Waals surface area (Å²) in [4.78, 5) is 23.4. The van der Waals surface area contributed by atoms with E-state index < -0.39 is 17.9 Å². The fraction of sp³-hybridized carbons (Fsp3) is 0.250. The molecule has 0 heterocycles. The highest BCUT2D eigenvalue weighted by Crippen LogP contribution is 2.26. The van der Waals surface area contributed by atoms with Crippen LogP contribution in [-0.4, -0.2) is 29.9 Å². The van der Waals surface area contributed by atoms with Gasteiger partial charge in [-0.1, -0.05) is 30.3 Å². The van der Waals surface area contributed by atoms with Crippen LogP contribution in [0.4, 0.5) is 0 Å². The second-order valence-corrected chi connectivity index (χ2v) is 5.73. The van der Waals surface area contributed by atoms with Crippen molar-refractivity contribution in [3.05, 3.63) is 42.5 Å². The summed E-state index contributed by atoms with van der Waals surface area (Å²) in [6.07, 6.45) is -0.105. The molecule has 110 valence electrons. The minimum Gasteiger partial charge on any atom is -0.481 e. The van der Waals surface area contributed by atoms with Gasteiger partial charge in [0, 0.05) is 10.6 Å². The van der Waals surface area contributed by atoms with E-state index in [1.54, 1.807) is 0 Å². The van der Waals surface area contributed by atoms with Gasteiger partial charge >= 0.3 is 11.9 Å². The monoisotopic (exact) mass is 304 g/mol. The maximum atomic E-state index is 11.2. The molecule has 0 aliphatic rings. The van der Waals surface area contributed by atoms with Gasteiger partial charge in [-0.05, 0) is 22.9 Å². The fourth-order valence-corrected chi connectivity index (χ4v) is 2.98. The van der Waals surface area contributed by atoms with E-state index in [2.05, 4.69) is 4.74 Å². The molecule has 5 heteroatoms. The molecule has 0 bridgehead atoms. The molecule has 0 spiro atoms. The third-order valence-corrected chi connectivity index (χ3v) is 4.32. The van der Waals surface area contributed by atoms with Crippen LogP contribution < -0.4 is 0 Å². The predicted molar refractivity (Wildman–Crippen MR) is 82.4 cm³/mol. The number of carbonyl (C=O) groups is 2. The van der Waals surface area contributed by atoms with E-state index in [0.29, 0.717) is 5.75 Å². The average molecular weight is 304 g/mol. The lowest BCUT2D eigenvalue weighted by Gasteiger charge is -2.11. The first-order valence-electron chi connectivity index (χ1n) is 6.51. The lowest BCUT2D eigenvalue weighted by Crippen LogP contribution is -2.20. The van der Waals surface area contributed by atoms with E-state index in [-0.39, 0.29) is 6.42 Å². The van der Waals surface area contributed by atoms with Crippen molar-refractivity contribution >= 4 is 34.5 Å². The highest BCUT2D eigenvalue weighted by atomic mass is 32.2. The van der Waals surface area contributed by atoms with Crippen LogP contribution in [-0.2, 0) is 14.3 Å². The van der Waals surface area contributed by atoms with Crippen LogP contribution in [0.3, 0.4) is 0 Å². The Morgan fingerprint density at radius 3 is 2.57 bits per heavy atom. The topological polar surface area (TPSA) is 63.6 Å². The zero-order valence-corrected chi connectivity index (χ0v) is 12.4. The second kappa shape index (κ2) is 7.13. The van der Waals surface area contributed by atoms with Crippen molar-refractivity contribution in [2.45, 2.75) is 11.3 Å². The van der Waals surface area contributed by atoms with Crippen LogP contribution in [0.15, 0.2) is 47.4 Å². The van der Waals surface area contributed by atoms with E-state index in [9.17, 15) is 9.59 Å². The number of carboxylic acid groups (broad SMARTS) is 1. The van der Waals surface area contributed by atoms with Crippen LogP contribution in [0, 0.1) is 5.92 Å². The Labute approximate surface area is 127 Å². The third kappa shape index (κ3) is 4.23. The SMILES string of the molecule is COC(=O)CC(CSc1ccc2ccccc2c1)C(=O)O. The number of hydrogen-bond acceptors (Lipinski definition) is 4. The fourth-order valence-electron chi connectivity index (χ4n) is 1.96. The number of esters is 1. The highest BCUT2D eigenvalue weighted by Gasteiger charge is 2.21. The zero-order chi connectivity index (χ0) is 15.2. The van der Waals surface area contributed by atoms with Crippen molar-refractivity contribution in [3.8, 4) is 0 Å². The van der Waals surface area contributed by atoms with Gasteiger partial charge in [-0.15, -0.1) is 11.8 Å². The van der Waals surface area contributed by atoms with Crippen LogP contribution in [0.25, 0.3) is 10.8 Å². The first kappa shape index (κ1) is 15.4. The number of fused-ring (bicyclic) bond motifs is 1. The van der Waals surface area contributed by atoms with Gasteiger partial charge in [0.15, 0.2) is 0 Å². The van der Waals surface area contributed by atoms with Crippen molar-refractivity contribution < 1.29 is 19.4 Å². The summed E-state index contributed by atoms with van der Waals surface area (Å²) < 4.78 is 4.53. The van der Waals surface area contributed by atoms with Gasteiger partial charge < -0.3 is 9.84 Å². The Hall–Kier alpha value is -2.01. The number of rotatable bonds is 6. The van der Waals surface area contributed by atoms with E-state index in [0.717, 1.165) is 15.7 Å². The average Bonchev–Trinajstić information content (AvgIpc) is 2.50. The standard InChI is InChI=1S/C16H16O4S/c1-20-15(17)9-13(16(18)19)10-21-14-7-6-11-4-2-3-5-12(11)8-14/h2-8,13H,9-10H2,1H3,(H,18,19). The number of carboxylic acids is 1. The van der Waals surface area contributed by atoms with Crippen molar-refractivity contribution in [1.29, 1.82) is 0 Å². The summed E-state index contributed by atoms with van der Waals surface area (Å²) in [5.74, 6) is -1.88. The molecular weight excluding hydrogens is 288 g/mol. The largest absolute Gasteiger partial charge is 0.481 e. The molecule has 2 aromatic carbocycles. The molecule has 2 aromatic rings. The molecule has 21 heavy (non-hydrogen) atoms. The molecule has 4 nitrogen and oxygen atoms in total. The molecule has 0 aliphatic carbocycles. The molecule has 0 fully saturated rings. The summed E-state index contributed by atoms with van der Waals surface area (Å²) in [6, 6.07) is 14.0. The van der Waals surface area contributed by atoms with E-state index in [1.165, 1.54) is 18.9 Å². The van der Waals surface area contributed by atoms with Gasteiger partial charge in [0.1, 0.15) is 0 Å². The van der Waals surface area contributed by atoms with Gasteiger partial charge in [-0.25, -0.2) is 0 Å². The minimum atomic E-state index is -0.978. The Morgan fingerprint density at radius 1 is 1.19 bits per heavy atom. The normalized spacial score (nSPS) is 12.0. The number of aliphatic carboxylic acids is 1. The lowest BCUT2D eigenvalue weighted by atomic mass is 10.1. The number of carbonyl (C=O) groups excluding carboxylic acids is 1. The summed E-state index contributed by atoms with van der Waals surface area (Å²) in [5, 5.41) is 11.4. The molecular formula is C16H16O4S. The minimum absolute atomic E-state index is 0.105. The Bertz CT molecular complexity index is 654. The summed E-state index contributed by atoms with van der Waals surface area (Å²) in [5.41, 5.74) is 0. The number of benzene rings is 2. The van der Waals surface area contributed by atoms with Crippen LogP contribution >= 0.6 is 11.8 Å². The van der Waals surface area contributed by atoms with Crippen molar-refractivity contribution in [3.63, 3.8) is 0 Å². The molecule has 1 atom stereocenters. The molecule has 2 rings (SSSR count). The zero-order valence-electron chi connectivity index (χ0n) is 11.6. The van der Waals surface area contributed by atoms with Crippen LogP contribution in [0.2, 0.25) is 0 Å². The molecule has 1 unspecified atom stereocenters. The molecule has 0 aliphatic heterocycles. The molecule has 0 saturated heterocycles. The van der Waals surface area contributed by atoms with Gasteiger partial charge in [-0.3, -0.25) is 9.59 Å². The van der Waals surface area contributed by atoms with Crippen molar-refractivity contribution in [2.24, 2.45) is 5.92 Å². The van der Waals surface area contributed by atoms with Crippen molar-refractivity contribution in [2.75, 3.05) is 12.9 Å². The number of hydrogen-bond donors (Lipinski definition) is 1.